The van der Waals surface area contributed by atoms with Gasteiger partial charge in [-0.05, 0) is 36.1 Å². The summed E-state index contributed by atoms with van der Waals surface area (Å²) in [6.07, 6.45) is 2.63. The fraction of sp³-hybridized carbons (Fsp3) is 0.118. The van der Waals surface area contributed by atoms with Crippen molar-refractivity contribution in [1.29, 1.82) is 5.26 Å². The van der Waals surface area contributed by atoms with Gasteiger partial charge in [-0.25, -0.2) is 9.97 Å². The fourth-order valence-corrected chi connectivity index (χ4v) is 2.77. The van der Waals surface area contributed by atoms with E-state index >= 15 is 0 Å². The van der Waals surface area contributed by atoms with Crippen molar-refractivity contribution in [3.05, 3.63) is 51.4 Å². The second-order valence-corrected chi connectivity index (χ2v) is 6.30. The number of aromatic nitrogens is 4. The first-order valence-electron chi connectivity index (χ1n) is 7.59. The molecule has 0 aliphatic heterocycles. The summed E-state index contributed by atoms with van der Waals surface area (Å²) in [4.78, 5) is 26.1. The van der Waals surface area contributed by atoms with Gasteiger partial charge in [0.25, 0.3) is 11.4 Å². The van der Waals surface area contributed by atoms with E-state index in [9.17, 15) is 14.4 Å². The Kier molecular flexibility index (Phi) is 5.77. The average Bonchev–Trinajstić information content (AvgIpc) is 2.70. The van der Waals surface area contributed by atoms with Gasteiger partial charge in [0.1, 0.15) is 11.6 Å². The maximum absolute atomic E-state index is 13.8. The summed E-state index contributed by atoms with van der Waals surface area (Å²) in [6.45, 7) is 0. The third kappa shape index (κ3) is 3.90. The molecule has 0 unspecified atom stereocenters. The maximum Gasteiger partial charge on any atom is 0.270 e. The molecule has 0 fully saturated rings. The molecule has 0 aliphatic carbocycles. The molecule has 0 aliphatic rings. The largest absolute Gasteiger partial charge is 0.493 e. The van der Waals surface area contributed by atoms with Crippen LogP contribution in [0.5, 0.6) is 17.4 Å². The van der Waals surface area contributed by atoms with Gasteiger partial charge in [-0.1, -0.05) is 11.8 Å². The van der Waals surface area contributed by atoms with Crippen molar-refractivity contribution in [2.24, 2.45) is 0 Å². The summed E-state index contributed by atoms with van der Waals surface area (Å²) in [5.41, 5.74) is -0.0453. The summed E-state index contributed by atoms with van der Waals surface area (Å²) in [5, 5.41) is 9.50. The second kappa shape index (κ2) is 8.24. The quantitative estimate of drug-likeness (QED) is 0.494. The molecule has 8 nitrogen and oxygen atoms in total. The first-order chi connectivity index (χ1) is 13.5. The smallest absolute Gasteiger partial charge is 0.270 e. The Morgan fingerprint density at radius 2 is 2.11 bits per heavy atom. The SMILES string of the molecule is COc1cc(-c2nc(SC)[nH]c(=O)c2C#N)ccc1Oc1nc(Cl)ncc1F. The van der Waals surface area contributed by atoms with Gasteiger partial charge in [0.2, 0.25) is 11.1 Å². The standard InChI is InChI=1S/C17H11ClFN5O3S/c1-26-12-5-8(13-9(6-20)14(25)23-17(22-13)28-2)3-4-11(12)27-15-10(19)7-21-16(18)24-15/h3-5,7H,1-2H3,(H,22,23,25). The lowest BCUT2D eigenvalue weighted by Crippen LogP contribution is -2.14. The van der Waals surface area contributed by atoms with Gasteiger partial charge >= 0.3 is 0 Å². The summed E-state index contributed by atoms with van der Waals surface area (Å²) in [7, 11) is 1.39. The molecule has 1 N–H and O–H groups in total. The van der Waals surface area contributed by atoms with Crippen molar-refractivity contribution in [2.45, 2.75) is 5.16 Å². The van der Waals surface area contributed by atoms with E-state index in [-0.39, 0.29) is 33.9 Å². The van der Waals surface area contributed by atoms with Crippen molar-refractivity contribution in [3.8, 4) is 34.7 Å². The number of hydrogen-bond donors (Lipinski definition) is 1. The number of H-pyrrole nitrogens is 1. The van der Waals surface area contributed by atoms with Gasteiger partial charge in [-0.2, -0.15) is 14.6 Å². The number of nitrogens with zero attached hydrogens (tertiary/aromatic N) is 4. The van der Waals surface area contributed by atoms with Crippen LogP contribution in [0.1, 0.15) is 5.56 Å². The number of benzene rings is 1. The van der Waals surface area contributed by atoms with E-state index in [1.54, 1.807) is 12.3 Å². The van der Waals surface area contributed by atoms with Crippen LogP contribution < -0.4 is 15.0 Å². The highest BCUT2D eigenvalue weighted by Gasteiger charge is 2.17. The number of nitriles is 1. The number of halogens is 2. The number of ether oxygens (including phenoxy) is 2. The molecule has 0 saturated carbocycles. The van der Waals surface area contributed by atoms with Crippen LogP contribution in [0.25, 0.3) is 11.3 Å². The molecule has 0 saturated heterocycles. The molecule has 28 heavy (non-hydrogen) atoms. The van der Waals surface area contributed by atoms with Crippen LogP contribution in [-0.2, 0) is 0 Å². The Hall–Kier alpha value is -3.16. The minimum Gasteiger partial charge on any atom is -0.493 e. The zero-order chi connectivity index (χ0) is 20.3. The van der Waals surface area contributed by atoms with E-state index in [0.29, 0.717) is 10.7 Å². The van der Waals surface area contributed by atoms with Crippen LogP contribution in [0, 0.1) is 17.1 Å². The highest BCUT2D eigenvalue weighted by Crippen LogP contribution is 2.35. The number of aromatic amines is 1. The zero-order valence-electron chi connectivity index (χ0n) is 14.5. The first-order valence-corrected chi connectivity index (χ1v) is 9.19. The predicted molar refractivity (Wildman–Crippen MR) is 100 cm³/mol. The molecule has 0 radical (unpaired) electrons. The predicted octanol–water partition coefficient (Wildman–Crippen LogP) is 3.41. The lowest BCUT2D eigenvalue weighted by atomic mass is 10.1. The summed E-state index contributed by atoms with van der Waals surface area (Å²) in [5.74, 6) is -0.817. The van der Waals surface area contributed by atoms with Crippen LogP contribution in [0.2, 0.25) is 5.28 Å². The molecule has 0 spiro atoms. The maximum atomic E-state index is 13.8. The molecule has 142 valence electrons. The van der Waals surface area contributed by atoms with E-state index in [2.05, 4.69) is 19.9 Å². The van der Waals surface area contributed by atoms with E-state index < -0.39 is 11.4 Å². The molecule has 0 bridgehead atoms. The Balaban J connectivity index is 2.08. The molecule has 0 amide bonds. The summed E-state index contributed by atoms with van der Waals surface area (Å²) in [6, 6.07) is 6.41. The number of thioether (sulfide) groups is 1. The summed E-state index contributed by atoms with van der Waals surface area (Å²) >= 11 is 6.89. The molecule has 0 atom stereocenters. The molecular formula is C17H11ClFN5O3S. The van der Waals surface area contributed by atoms with Crippen molar-refractivity contribution in [1.82, 2.24) is 19.9 Å². The highest BCUT2D eigenvalue weighted by molar-refractivity contribution is 7.98. The van der Waals surface area contributed by atoms with Gasteiger partial charge in [-0.3, -0.25) is 4.79 Å². The Morgan fingerprint density at radius 3 is 2.79 bits per heavy atom. The van der Waals surface area contributed by atoms with Crippen molar-refractivity contribution >= 4 is 23.4 Å². The Morgan fingerprint density at radius 1 is 1.32 bits per heavy atom. The second-order valence-electron chi connectivity index (χ2n) is 5.17. The normalized spacial score (nSPS) is 10.4. The van der Waals surface area contributed by atoms with Crippen LogP contribution in [0.15, 0.2) is 34.3 Å². The molecule has 2 heterocycles. The fourth-order valence-electron chi connectivity index (χ4n) is 2.27. The minimum absolute atomic E-state index is 0.137. The van der Waals surface area contributed by atoms with Crippen LogP contribution in [0.3, 0.4) is 0 Å². The van der Waals surface area contributed by atoms with Gasteiger partial charge in [0.05, 0.1) is 19.0 Å². The van der Waals surface area contributed by atoms with Gasteiger partial charge < -0.3 is 14.5 Å². The number of hydrogen-bond acceptors (Lipinski definition) is 8. The van der Waals surface area contributed by atoms with Gasteiger partial charge in [-0.15, -0.1) is 0 Å². The van der Waals surface area contributed by atoms with Crippen molar-refractivity contribution in [3.63, 3.8) is 0 Å². The molecule has 3 aromatic rings. The van der Waals surface area contributed by atoms with Gasteiger partial charge in [0, 0.05) is 5.56 Å². The van der Waals surface area contributed by atoms with E-state index in [1.165, 1.54) is 31.0 Å². The number of rotatable bonds is 5. The van der Waals surface area contributed by atoms with Crippen LogP contribution in [-0.4, -0.2) is 33.3 Å². The monoisotopic (exact) mass is 419 g/mol. The third-order valence-corrected chi connectivity index (χ3v) is 4.29. The van der Waals surface area contributed by atoms with Crippen LogP contribution in [0.4, 0.5) is 4.39 Å². The van der Waals surface area contributed by atoms with E-state index in [4.69, 9.17) is 21.1 Å². The van der Waals surface area contributed by atoms with Crippen molar-refractivity contribution in [2.75, 3.05) is 13.4 Å². The van der Waals surface area contributed by atoms with E-state index in [1.807, 2.05) is 6.07 Å². The first kappa shape index (κ1) is 19.6. The Bertz CT molecular complexity index is 1150. The lowest BCUT2D eigenvalue weighted by Gasteiger charge is -2.12. The molecule has 11 heteroatoms. The highest BCUT2D eigenvalue weighted by atomic mass is 35.5. The molecule has 3 rings (SSSR count). The number of nitrogens with one attached hydrogen (secondary N) is 1. The summed E-state index contributed by atoms with van der Waals surface area (Å²) < 4.78 is 24.5. The average molecular weight is 420 g/mol. The lowest BCUT2D eigenvalue weighted by molar-refractivity contribution is 0.363. The van der Waals surface area contributed by atoms with E-state index in [0.717, 1.165) is 6.20 Å². The van der Waals surface area contributed by atoms with Gasteiger partial charge in [0.15, 0.2) is 16.7 Å². The molecule has 1 aromatic carbocycles. The van der Waals surface area contributed by atoms with Crippen LogP contribution >= 0.6 is 23.4 Å². The minimum atomic E-state index is -0.803. The third-order valence-electron chi connectivity index (χ3n) is 3.53. The zero-order valence-corrected chi connectivity index (χ0v) is 16.1. The topological polar surface area (TPSA) is 114 Å². The number of methoxy groups -OCH3 is 1. The molecular weight excluding hydrogens is 409 g/mol. The molecule has 2 aromatic heterocycles. The van der Waals surface area contributed by atoms with Crippen molar-refractivity contribution < 1.29 is 13.9 Å². The Labute approximate surface area is 167 Å².